The number of carbonyl (C=O) groups is 1. The van der Waals surface area contributed by atoms with Crippen molar-refractivity contribution in [3.05, 3.63) is 29.8 Å². The first-order valence-electron chi connectivity index (χ1n) is 7.06. The van der Waals surface area contributed by atoms with Crippen LogP contribution in [0.4, 0.5) is 10.5 Å². The van der Waals surface area contributed by atoms with Crippen LogP contribution in [0.1, 0.15) is 31.4 Å². The van der Waals surface area contributed by atoms with Gasteiger partial charge in [-0.2, -0.15) is 0 Å². The molecule has 2 amide bonds. The minimum atomic E-state index is -0.496. The van der Waals surface area contributed by atoms with Crippen LogP contribution in [0.15, 0.2) is 24.3 Å². The fourth-order valence-corrected chi connectivity index (χ4v) is 2.23. The second kappa shape index (κ2) is 7.26. The summed E-state index contributed by atoms with van der Waals surface area (Å²) in [6.07, 6.45) is 1.67. The highest BCUT2D eigenvalue weighted by Gasteiger charge is 2.14. The summed E-state index contributed by atoms with van der Waals surface area (Å²) < 4.78 is 5.37. The predicted octanol–water partition coefficient (Wildman–Crippen LogP) is 2.29. The van der Waals surface area contributed by atoms with Crippen LogP contribution < -0.4 is 10.6 Å². The van der Waals surface area contributed by atoms with Gasteiger partial charge in [-0.3, -0.25) is 0 Å². The van der Waals surface area contributed by atoms with E-state index in [1.165, 1.54) is 0 Å². The van der Waals surface area contributed by atoms with Gasteiger partial charge in [-0.1, -0.05) is 12.1 Å². The first kappa shape index (κ1) is 14.8. The fourth-order valence-electron chi connectivity index (χ4n) is 2.23. The van der Waals surface area contributed by atoms with Crippen LogP contribution in [0.2, 0.25) is 0 Å². The van der Waals surface area contributed by atoms with Crippen molar-refractivity contribution in [1.29, 1.82) is 0 Å². The summed E-state index contributed by atoms with van der Waals surface area (Å²) in [4.78, 5) is 11.8. The van der Waals surface area contributed by atoms with Crippen LogP contribution in [0.3, 0.4) is 0 Å². The van der Waals surface area contributed by atoms with Crippen LogP contribution in [-0.2, 0) is 4.74 Å². The average Bonchev–Trinajstić information content (AvgIpc) is 2.47. The van der Waals surface area contributed by atoms with Crippen LogP contribution >= 0.6 is 0 Å². The second-order valence-corrected chi connectivity index (χ2v) is 5.22. The number of hydrogen-bond acceptors (Lipinski definition) is 3. The van der Waals surface area contributed by atoms with Crippen molar-refractivity contribution in [2.45, 2.75) is 25.9 Å². The van der Waals surface area contributed by atoms with Gasteiger partial charge in [0.2, 0.25) is 0 Å². The number of rotatable bonds is 4. The van der Waals surface area contributed by atoms with Crippen LogP contribution in [0.5, 0.6) is 0 Å². The van der Waals surface area contributed by atoms with E-state index in [2.05, 4.69) is 10.6 Å². The summed E-state index contributed by atoms with van der Waals surface area (Å²) in [6.45, 7) is 3.90. The Labute approximate surface area is 119 Å². The zero-order valence-electron chi connectivity index (χ0n) is 11.8. The Morgan fingerprint density at radius 1 is 1.45 bits per heavy atom. The maximum Gasteiger partial charge on any atom is 0.319 e. The minimum absolute atomic E-state index is 0.208. The van der Waals surface area contributed by atoms with Crippen molar-refractivity contribution in [3.63, 3.8) is 0 Å². The summed E-state index contributed by atoms with van der Waals surface area (Å²) >= 11 is 0. The van der Waals surface area contributed by atoms with Crippen LogP contribution in [0.25, 0.3) is 0 Å². The maximum absolute atomic E-state index is 11.8. The molecule has 2 atom stereocenters. The molecule has 3 N–H and O–H groups in total. The van der Waals surface area contributed by atoms with Gasteiger partial charge in [0.05, 0.1) is 12.7 Å². The van der Waals surface area contributed by atoms with Crippen molar-refractivity contribution in [1.82, 2.24) is 5.32 Å². The van der Waals surface area contributed by atoms with Gasteiger partial charge in [0, 0.05) is 18.8 Å². The largest absolute Gasteiger partial charge is 0.389 e. The molecule has 20 heavy (non-hydrogen) atoms. The van der Waals surface area contributed by atoms with E-state index in [0.717, 1.165) is 31.6 Å². The molecule has 1 aromatic carbocycles. The molecule has 0 aliphatic carbocycles. The number of amides is 2. The Morgan fingerprint density at radius 3 is 2.80 bits per heavy atom. The van der Waals surface area contributed by atoms with Gasteiger partial charge in [0.15, 0.2) is 0 Å². The number of aliphatic hydroxyl groups is 1. The van der Waals surface area contributed by atoms with Gasteiger partial charge < -0.3 is 20.5 Å². The lowest BCUT2D eigenvalue weighted by Gasteiger charge is -2.22. The predicted molar refractivity (Wildman–Crippen MR) is 77.6 cm³/mol. The molecular formula is C15H22N2O3. The minimum Gasteiger partial charge on any atom is -0.389 e. The molecular weight excluding hydrogens is 256 g/mol. The Bertz CT molecular complexity index is 425. The van der Waals surface area contributed by atoms with Crippen molar-refractivity contribution >= 4 is 11.7 Å². The molecule has 2 rings (SSSR count). The Balaban J connectivity index is 1.75. The van der Waals surface area contributed by atoms with E-state index in [-0.39, 0.29) is 6.03 Å². The van der Waals surface area contributed by atoms with Gasteiger partial charge >= 0.3 is 6.03 Å². The van der Waals surface area contributed by atoms with E-state index < -0.39 is 6.10 Å². The van der Waals surface area contributed by atoms with Crippen molar-refractivity contribution in [2.75, 3.05) is 25.1 Å². The molecule has 1 aromatic rings. The normalized spacial score (nSPS) is 20.2. The van der Waals surface area contributed by atoms with Crippen LogP contribution in [0, 0.1) is 5.92 Å². The zero-order valence-corrected chi connectivity index (χ0v) is 11.8. The third-order valence-electron chi connectivity index (χ3n) is 3.46. The molecule has 1 fully saturated rings. The summed E-state index contributed by atoms with van der Waals surface area (Å²) in [6, 6.07) is 6.96. The van der Waals surface area contributed by atoms with E-state index in [1.807, 2.05) is 0 Å². The van der Waals surface area contributed by atoms with E-state index in [0.29, 0.717) is 18.2 Å². The molecule has 0 saturated carbocycles. The summed E-state index contributed by atoms with van der Waals surface area (Å²) in [5.74, 6) is 0.409. The number of carbonyl (C=O) groups excluding carboxylic acids is 1. The standard InChI is InChI=1S/C15H22N2O3/c1-11(18)13-4-6-14(7-5-13)17-15(19)16-9-12-3-2-8-20-10-12/h4-7,11-12,18H,2-3,8-10H2,1H3,(H2,16,17,19). The molecule has 0 bridgehead atoms. The van der Waals surface area contributed by atoms with E-state index in [9.17, 15) is 9.90 Å². The van der Waals surface area contributed by atoms with Crippen molar-refractivity contribution in [3.8, 4) is 0 Å². The lowest BCUT2D eigenvalue weighted by atomic mass is 10.0. The highest BCUT2D eigenvalue weighted by atomic mass is 16.5. The van der Waals surface area contributed by atoms with Crippen molar-refractivity contribution < 1.29 is 14.6 Å². The van der Waals surface area contributed by atoms with E-state index in [1.54, 1.807) is 31.2 Å². The molecule has 2 unspecified atom stereocenters. The molecule has 5 nitrogen and oxygen atoms in total. The van der Waals surface area contributed by atoms with Gasteiger partial charge in [-0.15, -0.1) is 0 Å². The molecule has 0 radical (unpaired) electrons. The second-order valence-electron chi connectivity index (χ2n) is 5.22. The first-order valence-corrected chi connectivity index (χ1v) is 7.06. The number of anilines is 1. The van der Waals surface area contributed by atoms with E-state index in [4.69, 9.17) is 4.74 Å². The lowest BCUT2D eigenvalue weighted by Crippen LogP contribution is -2.35. The Hall–Kier alpha value is -1.59. The van der Waals surface area contributed by atoms with E-state index >= 15 is 0 Å². The highest BCUT2D eigenvalue weighted by Crippen LogP contribution is 2.16. The van der Waals surface area contributed by atoms with Crippen LogP contribution in [-0.4, -0.2) is 30.9 Å². The third kappa shape index (κ3) is 4.51. The Kier molecular flexibility index (Phi) is 5.38. The highest BCUT2D eigenvalue weighted by molar-refractivity contribution is 5.89. The first-order chi connectivity index (χ1) is 9.65. The fraction of sp³-hybridized carbons (Fsp3) is 0.533. The smallest absolute Gasteiger partial charge is 0.319 e. The summed E-state index contributed by atoms with van der Waals surface area (Å²) in [5, 5.41) is 15.0. The summed E-state index contributed by atoms with van der Waals surface area (Å²) in [5.41, 5.74) is 1.54. The van der Waals surface area contributed by atoms with Gasteiger partial charge in [0.25, 0.3) is 0 Å². The molecule has 1 aliphatic heterocycles. The number of ether oxygens (including phenoxy) is 1. The molecule has 0 spiro atoms. The molecule has 110 valence electrons. The molecule has 1 heterocycles. The monoisotopic (exact) mass is 278 g/mol. The number of urea groups is 1. The Morgan fingerprint density at radius 2 is 2.20 bits per heavy atom. The number of benzene rings is 1. The third-order valence-corrected chi connectivity index (χ3v) is 3.46. The zero-order chi connectivity index (χ0) is 14.4. The quantitative estimate of drug-likeness (QED) is 0.791. The number of aliphatic hydroxyl groups excluding tert-OH is 1. The topological polar surface area (TPSA) is 70.6 Å². The molecule has 5 heteroatoms. The van der Waals surface area contributed by atoms with Gasteiger partial charge in [0.1, 0.15) is 0 Å². The SMILES string of the molecule is CC(O)c1ccc(NC(=O)NCC2CCCOC2)cc1. The average molecular weight is 278 g/mol. The van der Waals surface area contributed by atoms with Gasteiger partial charge in [-0.05, 0) is 43.4 Å². The number of nitrogens with one attached hydrogen (secondary N) is 2. The molecule has 1 aliphatic rings. The summed E-state index contributed by atoms with van der Waals surface area (Å²) in [7, 11) is 0. The molecule has 0 aromatic heterocycles. The van der Waals surface area contributed by atoms with Crippen molar-refractivity contribution in [2.24, 2.45) is 5.92 Å². The number of hydrogen-bond donors (Lipinski definition) is 3. The van der Waals surface area contributed by atoms with Gasteiger partial charge in [-0.25, -0.2) is 4.79 Å². The maximum atomic E-state index is 11.8. The lowest BCUT2D eigenvalue weighted by molar-refractivity contribution is 0.0559. The molecule has 1 saturated heterocycles.